The molecule has 0 N–H and O–H groups in total. The minimum absolute atomic E-state index is 1.11. The van der Waals surface area contributed by atoms with Gasteiger partial charge in [0.25, 0.3) is 0 Å². The van der Waals surface area contributed by atoms with Crippen molar-refractivity contribution in [2.24, 2.45) is 0 Å². The maximum Gasteiger partial charge on any atom is -0.0169 e. The third-order valence-corrected chi connectivity index (χ3v) is 2.97. The van der Waals surface area contributed by atoms with E-state index in [4.69, 9.17) is 0 Å². The third kappa shape index (κ3) is 15.2. The molecule has 0 heterocycles. The van der Waals surface area contributed by atoms with Crippen LogP contribution in [0.4, 0.5) is 0 Å². The Bertz CT molecular complexity index is 220. The van der Waals surface area contributed by atoms with Crippen LogP contribution in [-0.2, 0) is 0 Å². The first-order valence-corrected chi connectivity index (χ1v) is 7.86. The first kappa shape index (κ1) is 17.2. The maximum atomic E-state index is 2.33. The fraction of sp³-hybridized carbons (Fsp3) is 0.667. The zero-order valence-electron chi connectivity index (χ0n) is 12.5. The lowest BCUT2D eigenvalue weighted by molar-refractivity contribution is 0.728. The van der Waals surface area contributed by atoms with E-state index in [-0.39, 0.29) is 0 Å². The van der Waals surface area contributed by atoms with Gasteiger partial charge >= 0.3 is 0 Å². The summed E-state index contributed by atoms with van der Waals surface area (Å²) in [5, 5.41) is 0. The summed E-state index contributed by atoms with van der Waals surface area (Å²) in [5.41, 5.74) is 0. The second-order valence-electron chi connectivity index (χ2n) is 4.84. The predicted molar refractivity (Wildman–Crippen MR) is 84.9 cm³/mol. The van der Waals surface area contributed by atoms with Gasteiger partial charge in [0.05, 0.1) is 0 Å². The number of unbranched alkanes of at least 4 members (excludes halogenated alkanes) is 6. The van der Waals surface area contributed by atoms with Gasteiger partial charge in [-0.25, -0.2) is 0 Å². The van der Waals surface area contributed by atoms with Gasteiger partial charge in [-0.15, -0.1) is 0 Å². The van der Waals surface area contributed by atoms with Gasteiger partial charge in [-0.2, -0.15) is 0 Å². The number of allylic oxidation sites excluding steroid dienone is 6. The van der Waals surface area contributed by atoms with Gasteiger partial charge in [-0.3, -0.25) is 0 Å². The van der Waals surface area contributed by atoms with Crippen LogP contribution in [-0.4, -0.2) is 0 Å². The number of hydrogen-bond acceptors (Lipinski definition) is 0. The lowest BCUT2D eigenvalue weighted by atomic mass is 10.1. The summed E-state index contributed by atoms with van der Waals surface area (Å²) in [6.07, 6.45) is 26.6. The molecule has 0 atom stereocenters. The highest BCUT2D eigenvalue weighted by Crippen LogP contribution is 2.03. The van der Waals surface area contributed by atoms with E-state index in [9.17, 15) is 0 Å². The maximum absolute atomic E-state index is 2.33. The standard InChI is InChI=1S/C18H32/c1-3-5-7-9-11-13-15-17-18-16-14-12-10-8-6-4-2/h5,7,12,14,17-18H,3-4,6,8-11,13,15-16H2,1-2H3. The molecule has 0 radical (unpaired) electrons. The summed E-state index contributed by atoms with van der Waals surface area (Å²) in [5.74, 6) is 0. The van der Waals surface area contributed by atoms with E-state index in [2.05, 4.69) is 50.3 Å². The second kappa shape index (κ2) is 16.2. The predicted octanol–water partition coefficient (Wildman–Crippen LogP) is 6.60. The van der Waals surface area contributed by atoms with Crippen molar-refractivity contribution >= 4 is 0 Å². The molecule has 0 fully saturated rings. The molecule has 0 aliphatic rings. The Balaban J connectivity index is 3.20. The molecule has 104 valence electrons. The van der Waals surface area contributed by atoms with Crippen molar-refractivity contribution < 1.29 is 0 Å². The Hall–Kier alpha value is -0.780. The van der Waals surface area contributed by atoms with Crippen LogP contribution < -0.4 is 0 Å². The van der Waals surface area contributed by atoms with E-state index >= 15 is 0 Å². The Kier molecular flexibility index (Phi) is 15.5. The highest BCUT2D eigenvalue weighted by Gasteiger charge is 1.83. The van der Waals surface area contributed by atoms with Crippen LogP contribution in [0.1, 0.15) is 78.1 Å². The molecule has 0 aromatic carbocycles. The lowest BCUT2D eigenvalue weighted by Crippen LogP contribution is -1.73. The molecule has 0 aliphatic heterocycles. The molecule has 0 unspecified atom stereocenters. The molecule has 0 aromatic rings. The molecule has 0 saturated carbocycles. The van der Waals surface area contributed by atoms with E-state index in [0.29, 0.717) is 0 Å². The first-order valence-electron chi connectivity index (χ1n) is 7.86. The molecule has 0 aliphatic carbocycles. The molecular formula is C18H32. The fourth-order valence-electron chi connectivity index (χ4n) is 1.83. The minimum Gasteiger partial charge on any atom is -0.0888 e. The zero-order valence-corrected chi connectivity index (χ0v) is 12.5. The molecule has 0 heteroatoms. The van der Waals surface area contributed by atoms with Crippen LogP contribution in [0.2, 0.25) is 0 Å². The average molecular weight is 248 g/mol. The van der Waals surface area contributed by atoms with Gasteiger partial charge in [0, 0.05) is 0 Å². The SMILES string of the molecule is CCC=CCCCCC=CCC=CCCCCC. The monoisotopic (exact) mass is 248 g/mol. The summed E-state index contributed by atoms with van der Waals surface area (Å²) in [7, 11) is 0. The van der Waals surface area contributed by atoms with Crippen molar-refractivity contribution in [3.63, 3.8) is 0 Å². The third-order valence-electron chi connectivity index (χ3n) is 2.97. The number of hydrogen-bond donors (Lipinski definition) is 0. The van der Waals surface area contributed by atoms with Crippen molar-refractivity contribution in [2.45, 2.75) is 78.1 Å². The Morgan fingerprint density at radius 1 is 0.556 bits per heavy atom. The molecule has 0 nitrogen and oxygen atoms in total. The van der Waals surface area contributed by atoms with Crippen LogP contribution in [0.25, 0.3) is 0 Å². The van der Waals surface area contributed by atoms with Crippen molar-refractivity contribution in [1.29, 1.82) is 0 Å². The Morgan fingerprint density at radius 2 is 1.06 bits per heavy atom. The Labute approximate surface area is 115 Å². The number of rotatable bonds is 12. The molecule has 0 amide bonds. The molecular weight excluding hydrogens is 216 g/mol. The van der Waals surface area contributed by atoms with Gasteiger partial charge in [-0.05, 0) is 51.4 Å². The van der Waals surface area contributed by atoms with Crippen molar-refractivity contribution in [2.75, 3.05) is 0 Å². The fourth-order valence-corrected chi connectivity index (χ4v) is 1.83. The molecule has 0 bridgehead atoms. The Morgan fingerprint density at radius 3 is 1.56 bits per heavy atom. The average Bonchev–Trinajstić information content (AvgIpc) is 2.39. The normalized spacial score (nSPS) is 12.3. The highest BCUT2D eigenvalue weighted by atomic mass is 13.9. The largest absolute Gasteiger partial charge is 0.0888 e. The zero-order chi connectivity index (χ0) is 13.3. The summed E-state index contributed by atoms with van der Waals surface area (Å²) >= 11 is 0. The van der Waals surface area contributed by atoms with E-state index in [1.54, 1.807) is 0 Å². The summed E-state index contributed by atoms with van der Waals surface area (Å²) in [4.78, 5) is 0. The molecule has 0 rings (SSSR count). The van der Waals surface area contributed by atoms with Crippen LogP contribution >= 0.6 is 0 Å². The first-order chi connectivity index (χ1) is 8.91. The quantitative estimate of drug-likeness (QED) is 0.270. The van der Waals surface area contributed by atoms with Gasteiger partial charge in [0.2, 0.25) is 0 Å². The summed E-state index contributed by atoms with van der Waals surface area (Å²) in [6.45, 7) is 4.44. The van der Waals surface area contributed by atoms with Gasteiger partial charge in [0.1, 0.15) is 0 Å². The highest BCUT2D eigenvalue weighted by molar-refractivity contribution is 4.92. The van der Waals surface area contributed by atoms with Crippen LogP contribution in [0, 0.1) is 0 Å². The van der Waals surface area contributed by atoms with E-state index in [0.717, 1.165) is 6.42 Å². The molecule has 0 aromatic heterocycles. The van der Waals surface area contributed by atoms with Crippen LogP contribution in [0.15, 0.2) is 36.5 Å². The van der Waals surface area contributed by atoms with Crippen molar-refractivity contribution in [3.05, 3.63) is 36.5 Å². The summed E-state index contributed by atoms with van der Waals surface area (Å²) in [6, 6.07) is 0. The van der Waals surface area contributed by atoms with Crippen LogP contribution in [0.3, 0.4) is 0 Å². The van der Waals surface area contributed by atoms with E-state index < -0.39 is 0 Å². The minimum atomic E-state index is 1.11. The smallest absolute Gasteiger partial charge is 0.0169 e. The van der Waals surface area contributed by atoms with Gasteiger partial charge in [0.15, 0.2) is 0 Å². The van der Waals surface area contributed by atoms with Crippen molar-refractivity contribution in [1.82, 2.24) is 0 Å². The molecule has 0 spiro atoms. The summed E-state index contributed by atoms with van der Waals surface area (Å²) < 4.78 is 0. The topological polar surface area (TPSA) is 0 Å². The lowest BCUT2D eigenvalue weighted by Gasteiger charge is -1.93. The van der Waals surface area contributed by atoms with Gasteiger partial charge < -0.3 is 0 Å². The second-order valence-corrected chi connectivity index (χ2v) is 4.84. The van der Waals surface area contributed by atoms with E-state index in [1.807, 2.05) is 0 Å². The van der Waals surface area contributed by atoms with Crippen LogP contribution in [0.5, 0.6) is 0 Å². The molecule has 0 saturated heterocycles. The van der Waals surface area contributed by atoms with Crippen molar-refractivity contribution in [3.8, 4) is 0 Å². The van der Waals surface area contributed by atoms with E-state index in [1.165, 1.54) is 57.8 Å². The molecule has 18 heavy (non-hydrogen) atoms. The van der Waals surface area contributed by atoms with Gasteiger partial charge in [-0.1, -0.05) is 63.1 Å².